The van der Waals surface area contributed by atoms with E-state index in [0.717, 1.165) is 12.3 Å². The van der Waals surface area contributed by atoms with Crippen LogP contribution in [-0.4, -0.2) is 47.4 Å². The predicted molar refractivity (Wildman–Crippen MR) is 72.7 cm³/mol. The quantitative estimate of drug-likeness (QED) is 0.857. The van der Waals surface area contributed by atoms with Crippen LogP contribution in [0.5, 0.6) is 0 Å². The topological polar surface area (TPSA) is 71.9 Å². The Morgan fingerprint density at radius 2 is 2.32 bits per heavy atom. The van der Waals surface area contributed by atoms with Gasteiger partial charge in [0.05, 0.1) is 30.6 Å². The van der Waals surface area contributed by atoms with Crippen LogP contribution in [0, 0.1) is 0 Å². The maximum absolute atomic E-state index is 9.39. The second-order valence-electron chi connectivity index (χ2n) is 5.93. The summed E-state index contributed by atoms with van der Waals surface area (Å²) in [5, 5.41) is 9.39. The second-order valence-corrected chi connectivity index (χ2v) is 5.93. The van der Waals surface area contributed by atoms with Gasteiger partial charge in [0.15, 0.2) is 0 Å². The summed E-state index contributed by atoms with van der Waals surface area (Å²) in [6.45, 7) is 7.47. The zero-order valence-corrected chi connectivity index (χ0v) is 11.9. The zero-order valence-electron chi connectivity index (χ0n) is 11.9. The van der Waals surface area contributed by atoms with Crippen molar-refractivity contribution in [3.8, 4) is 0 Å². The van der Waals surface area contributed by atoms with Crippen LogP contribution in [0.1, 0.15) is 32.6 Å². The molecule has 1 fully saturated rings. The first-order valence-electron chi connectivity index (χ1n) is 6.74. The van der Waals surface area contributed by atoms with Gasteiger partial charge in [-0.05, 0) is 32.9 Å². The van der Waals surface area contributed by atoms with E-state index in [1.807, 2.05) is 32.9 Å². The minimum atomic E-state index is -0.300. The average Bonchev–Trinajstić information content (AvgIpc) is 2.80. The fraction of sp³-hybridized carbons (Fsp3) is 0.714. The van der Waals surface area contributed by atoms with E-state index in [-0.39, 0.29) is 30.4 Å². The first kappa shape index (κ1) is 14.5. The average molecular weight is 268 g/mol. The summed E-state index contributed by atoms with van der Waals surface area (Å²) < 4.78 is 11.4. The smallest absolute Gasteiger partial charge is 0.122 e. The lowest BCUT2D eigenvalue weighted by atomic mass is 9.99. The number of aliphatic hydroxyl groups excluding tert-OH is 1. The summed E-state index contributed by atoms with van der Waals surface area (Å²) in [5.74, 6) is 0.865. The molecule has 3 N–H and O–H groups in total. The lowest BCUT2D eigenvalue weighted by Gasteiger charge is -2.45. The fourth-order valence-electron chi connectivity index (χ4n) is 2.88. The first-order valence-corrected chi connectivity index (χ1v) is 6.74. The lowest BCUT2D eigenvalue weighted by Crippen LogP contribution is -2.56. The Hall–Kier alpha value is -0.880. The van der Waals surface area contributed by atoms with E-state index in [1.54, 1.807) is 6.26 Å². The fourth-order valence-corrected chi connectivity index (χ4v) is 2.88. The molecule has 2 heterocycles. The Balaban J connectivity index is 2.21. The molecule has 1 saturated heterocycles. The van der Waals surface area contributed by atoms with Crippen molar-refractivity contribution in [2.24, 2.45) is 5.73 Å². The third kappa shape index (κ3) is 3.36. The van der Waals surface area contributed by atoms with Gasteiger partial charge in [0.25, 0.3) is 0 Å². The molecule has 1 aromatic rings. The van der Waals surface area contributed by atoms with Gasteiger partial charge in [-0.3, -0.25) is 4.90 Å². The monoisotopic (exact) mass is 268 g/mol. The van der Waals surface area contributed by atoms with Crippen molar-refractivity contribution in [1.82, 2.24) is 4.90 Å². The molecule has 0 saturated carbocycles. The Bertz CT molecular complexity index is 389. The summed E-state index contributed by atoms with van der Waals surface area (Å²) >= 11 is 0. The van der Waals surface area contributed by atoms with Crippen molar-refractivity contribution < 1.29 is 14.3 Å². The summed E-state index contributed by atoms with van der Waals surface area (Å²) in [4.78, 5) is 2.24. The molecule has 1 aliphatic rings. The number of nitrogens with two attached hydrogens (primary N) is 1. The molecule has 0 aliphatic carbocycles. The van der Waals surface area contributed by atoms with Crippen LogP contribution >= 0.6 is 0 Å². The molecular formula is C14H24N2O3. The number of hydrogen-bond donors (Lipinski definition) is 2. The van der Waals surface area contributed by atoms with E-state index >= 15 is 0 Å². The van der Waals surface area contributed by atoms with Gasteiger partial charge in [-0.1, -0.05) is 0 Å². The molecule has 5 nitrogen and oxygen atoms in total. The Morgan fingerprint density at radius 3 is 2.84 bits per heavy atom. The second kappa shape index (κ2) is 5.63. The molecule has 2 rings (SSSR count). The molecule has 3 unspecified atom stereocenters. The third-order valence-electron chi connectivity index (χ3n) is 3.44. The van der Waals surface area contributed by atoms with Gasteiger partial charge in [-0.2, -0.15) is 0 Å². The van der Waals surface area contributed by atoms with Crippen LogP contribution in [0.2, 0.25) is 0 Å². The number of hydrogen-bond acceptors (Lipinski definition) is 5. The van der Waals surface area contributed by atoms with E-state index in [2.05, 4.69) is 4.90 Å². The van der Waals surface area contributed by atoms with Crippen molar-refractivity contribution >= 4 is 0 Å². The van der Waals surface area contributed by atoms with Gasteiger partial charge in [0.2, 0.25) is 0 Å². The predicted octanol–water partition coefficient (Wildman–Crippen LogP) is 1.14. The molecule has 0 aromatic carbocycles. The van der Waals surface area contributed by atoms with Crippen molar-refractivity contribution in [2.75, 3.05) is 19.7 Å². The minimum absolute atomic E-state index is 0.00669. The molecule has 19 heavy (non-hydrogen) atoms. The van der Waals surface area contributed by atoms with Crippen molar-refractivity contribution in [3.63, 3.8) is 0 Å². The van der Waals surface area contributed by atoms with Crippen molar-refractivity contribution in [3.05, 3.63) is 24.2 Å². The highest BCUT2D eigenvalue weighted by Crippen LogP contribution is 2.30. The van der Waals surface area contributed by atoms with Crippen LogP contribution in [0.4, 0.5) is 0 Å². The number of rotatable bonds is 4. The van der Waals surface area contributed by atoms with E-state index < -0.39 is 0 Å². The molecule has 0 bridgehead atoms. The maximum atomic E-state index is 9.39. The Morgan fingerprint density at radius 1 is 1.58 bits per heavy atom. The molecule has 5 heteroatoms. The zero-order chi connectivity index (χ0) is 14.0. The van der Waals surface area contributed by atoms with Gasteiger partial charge in [-0.15, -0.1) is 0 Å². The number of nitrogens with zero attached hydrogens (tertiary/aromatic N) is 1. The van der Waals surface area contributed by atoms with Gasteiger partial charge >= 0.3 is 0 Å². The largest absolute Gasteiger partial charge is 0.468 e. The van der Waals surface area contributed by atoms with Crippen molar-refractivity contribution in [2.45, 2.75) is 44.6 Å². The summed E-state index contributed by atoms with van der Waals surface area (Å²) in [6, 6.07) is 3.77. The van der Waals surface area contributed by atoms with E-state index in [9.17, 15) is 5.11 Å². The minimum Gasteiger partial charge on any atom is -0.468 e. The van der Waals surface area contributed by atoms with Gasteiger partial charge < -0.3 is 20.0 Å². The molecule has 0 amide bonds. The summed E-state index contributed by atoms with van der Waals surface area (Å²) in [5.41, 5.74) is 5.83. The van der Waals surface area contributed by atoms with Crippen LogP contribution in [0.15, 0.2) is 22.8 Å². The SMILES string of the molecule is CC(N)C(c1ccco1)N1CC(CO)OC(C)(C)C1. The molecule has 0 radical (unpaired) electrons. The Kier molecular flexibility index (Phi) is 4.30. The molecular weight excluding hydrogens is 244 g/mol. The van der Waals surface area contributed by atoms with E-state index in [4.69, 9.17) is 14.9 Å². The lowest BCUT2D eigenvalue weighted by molar-refractivity contribution is -0.159. The van der Waals surface area contributed by atoms with Crippen LogP contribution in [0.3, 0.4) is 0 Å². The van der Waals surface area contributed by atoms with E-state index in [0.29, 0.717) is 6.54 Å². The third-order valence-corrected chi connectivity index (χ3v) is 3.44. The number of morpholine rings is 1. The molecule has 108 valence electrons. The number of aliphatic hydroxyl groups is 1. The normalized spacial score (nSPS) is 27.1. The van der Waals surface area contributed by atoms with Crippen LogP contribution < -0.4 is 5.73 Å². The molecule has 1 aliphatic heterocycles. The van der Waals surface area contributed by atoms with Gasteiger partial charge in [-0.25, -0.2) is 0 Å². The summed E-state index contributed by atoms with van der Waals surface area (Å²) in [7, 11) is 0. The highest BCUT2D eigenvalue weighted by Gasteiger charge is 2.38. The van der Waals surface area contributed by atoms with Crippen LogP contribution in [-0.2, 0) is 4.74 Å². The first-order chi connectivity index (χ1) is 8.93. The number of ether oxygens (including phenoxy) is 1. The van der Waals surface area contributed by atoms with Gasteiger partial charge in [0, 0.05) is 19.1 Å². The maximum Gasteiger partial charge on any atom is 0.122 e. The molecule has 1 aromatic heterocycles. The highest BCUT2D eigenvalue weighted by atomic mass is 16.5. The van der Waals surface area contributed by atoms with Crippen LogP contribution in [0.25, 0.3) is 0 Å². The molecule has 0 spiro atoms. The standard InChI is InChI=1S/C14H24N2O3/c1-10(15)13(12-5-4-6-18-12)16-7-11(8-17)19-14(2,3)9-16/h4-6,10-11,13,17H,7-9,15H2,1-3H3. The van der Waals surface area contributed by atoms with Gasteiger partial charge in [0.1, 0.15) is 5.76 Å². The summed E-state index contributed by atoms with van der Waals surface area (Å²) in [6.07, 6.45) is 1.49. The number of furan rings is 1. The molecule has 3 atom stereocenters. The Labute approximate surface area is 114 Å². The van der Waals surface area contributed by atoms with Crippen molar-refractivity contribution in [1.29, 1.82) is 0 Å². The van der Waals surface area contributed by atoms with E-state index in [1.165, 1.54) is 0 Å². The highest BCUT2D eigenvalue weighted by molar-refractivity contribution is 5.08.